The largest absolute Gasteiger partial charge is 0.342 e. The maximum Gasteiger partial charge on any atom is 0.239 e. The van der Waals surface area contributed by atoms with Crippen LogP contribution in [-0.4, -0.2) is 29.9 Å². The standard InChI is InChI=1S/C10H22N2O/c1-6-8(4)9(11)10(13)12(5)7(2)3/h7-9H,6,11H2,1-5H3/t8?,9-/m0/s1. The lowest BCUT2D eigenvalue weighted by Crippen LogP contribution is -2.47. The quantitative estimate of drug-likeness (QED) is 0.717. The van der Waals surface area contributed by atoms with Gasteiger partial charge >= 0.3 is 0 Å². The van der Waals surface area contributed by atoms with Crippen molar-refractivity contribution in [3.8, 4) is 0 Å². The summed E-state index contributed by atoms with van der Waals surface area (Å²) in [5, 5.41) is 0. The van der Waals surface area contributed by atoms with Gasteiger partial charge in [0.2, 0.25) is 5.91 Å². The van der Waals surface area contributed by atoms with E-state index in [-0.39, 0.29) is 23.9 Å². The Labute approximate surface area is 81.3 Å². The van der Waals surface area contributed by atoms with E-state index in [4.69, 9.17) is 5.73 Å². The van der Waals surface area contributed by atoms with Crippen molar-refractivity contribution < 1.29 is 4.79 Å². The van der Waals surface area contributed by atoms with E-state index < -0.39 is 0 Å². The molecule has 3 heteroatoms. The molecule has 78 valence electrons. The van der Waals surface area contributed by atoms with Crippen LogP contribution in [0.15, 0.2) is 0 Å². The van der Waals surface area contributed by atoms with Crippen LogP contribution in [-0.2, 0) is 4.79 Å². The van der Waals surface area contributed by atoms with E-state index in [2.05, 4.69) is 0 Å². The molecule has 13 heavy (non-hydrogen) atoms. The Morgan fingerprint density at radius 2 is 1.85 bits per heavy atom. The van der Waals surface area contributed by atoms with Gasteiger partial charge in [-0.3, -0.25) is 4.79 Å². The van der Waals surface area contributed by atoms with Crippen LogP contribution >= 0.6 is 0 Å². The van der Waals surface area contributed by atoms with Crippen LogP contribution in [0.25, 0.3) is 0 Å². The van der Waals surface area contributed by atoms with E-state index in [9.17, 15) is 4.79 Å². The molecule has 0 aliphatic rings. The van der Waals surface area contributed by atoms with Gasteiger partial charge in [-0.25, -0.2) is 0 Å². The van der Waals surface area contributed by atoms with Crippen LogP contribution in [0.4, 0.5) is 0 Å². The van der Waals surface area contributed by atoms with Gasteiger partial charge in [-0.15, -0.1) is 0 Å². The summed E-state index contributed by atoms with van der Waals surface area (Å²) in [5.41, 5.74) is 5.82. The molecular formula is C10H22N2O. The van der Waals surface area contributed by atoms with Crippen LogP contribution in [0.2, 0.25) is 0 Å². The summed E-state index contributed by atoms with van der Waals surface area (Å²) >= 11 is 0. The molecule has 0 heterocycles. The second-order valence-electron chi connectivity index (χ2n) is 3.95. The Morgan fingerprint density at radius 3 is 2.15 bits per heavy atom. The fourth-order valence-electron chi connectivity index (χ4n) is 0.987. The fourth-order valence-corrected chi connectivity index (χ4v) is 0.987. The third-order valence-electron chi connectivity index (χ3n) is 2.66. The van der Waals surface area contributed by atoms with Gasteiger partial charge in [-0.1, -0.05) is 20.3 Å². The van der Waals surface area contributed by atoms with Crippen LogP contribution < -0.4 is 5.73 Å². The minimum Gasteiger partial charge on any atom is -0.342 e. The maximum atomic E-state index is 11.7. The van der Waals surface area contributed by atoms with E-state index in [1.807, 2.05) is 27.7 Å². The Balaban J connectivity index is 4.25. The van der Waals surface area contributed by atoms with Crippen LogP contribution in [0.5, 0.6) is 0 Å². The first kappa shape index (κ1) is 12.4. The third kappa shape index (κ3) is 3.35. The number of hydrogen-bond acceptors (Lipinski definition) is 2. The molecule has 0 saturated carbocycles. The second kappa shape index (κ2) is 5.22. The van der Waals surface area contributed by atoms with E-state index in [1.54, 1.807) is 11.9 Å². The summed E-state index contributed by atoms with van der Waals surface area (Å²) in [7, 11) is 1.80. The van der Waals surface area contributed by atoms with E-state index in [0.717, 1.165) is 6.42 Å². The van der Waals surface area contributed by atoms with Gasteiger partial charge in [-0.05, 0) is 19.8 Å². The van der Waals surface area contributed by atoms with Gasteiger partial charge in [0.05, 0.1) is 6.04 Å². The highest BCUT2D eigenvalue weighted by Gasteiger charge is 2.23. The van der Waals surface area contributed by atoms with Gasteiger partial charge in [0, 0.05) is 13.1 Å². The average Bonchev–Trinajstić information content (AvgIpc) is 2.12. The first-order chi connectivity index (χ1) is 5.91. The van der Waals surface area contributed by atoms with Crippen molar-refractivity contribution in [2.24, 2.45) is 11.7 Å². The van der Waals surface area contributed by atoms with Crippen molar-refractivity contribution in [2.45, 2.75) is 46.2 Å². The molecule has 3 nitrogen and oxygen atoms in total. The average molecular weight is 186 g/mol. The van der Waals surface area contributed by atoms with E-state index >= 15 is 0 Å². The molecule has 0 bridgehead atoms. The minimum absolute atomic E-state index is 0.0457. The zero-order valence-electron chi connectivity index (χ0n) is 9.37. The minimum atomic E-state index is -0.350. The lowest BCUT2D eigenvalue weighted by atomic mass is 9.99. The van der Waals surface area contributed by atoms with Crippen LogP contribution in [0.3, 0.4) is 0 Å². The van der Waals surface area contributed by atoms with E-state index in [0.29, 0.717) is 0 Å². The van der Waals surface area contributed by atoms with Gasteiger partial charge in [-0.2, -0.15) is 0 Å². The number of nitrogens with zero attached hydrogens (tertiary/aromatic N) is 1. The number of rotatable bonds is 4. The monoisotopic (exact) mass is 186 g/mol. The summed E-state index contributed by atoms with van der Waals surface area (Å²) in [6.07, 6.45) is 0.943. The number of likely N-dealkylation sites (N-methyl/N-ethyl adjacent to an activating group) is 1. The topological polar surface area (TPSA) is 46.3 Å². The van der Waals surface area contributed by atoms with Gasteiger partial charge in [0.1, 0.15) is 0 Å². The normalized spacial score (nSPS) is 15.6. The van der Waals surface area contributed by atoms with Crippen molar-refractivity contribution in [1.82, 2.24) is 4.90 Å². The molecule has 0 spiro atoms. The third-order valence-corrected chi connectivity index (χ3v) is 2.66. The molecule has 0 radical (unpaired) electrons. The van der Waals surface area contributed by atoms with Gasteiger partial charge in [0.25, 0.3) is 0 Å². The second-order valence-corrected chi connectivity index (χ2v) is 3.95. The predicted octanol–water partition coefficient (Wildman–Crippen LogP) is 1.23. The molecule has 0 aliphatic heterocycles. The SMILES string of the molecule is CCC(C)[C@H](N)C(=O)N(C)C(C)C. The highest BCUT2D eigenvalue weighted by Crippen LogP contribution is 2.08. The first-order valence-electron chi connectivity index (χ1n) is 4.94. The molecular weight excluding hydrogens is 164 g/mol. The van der Waals surface area contributed by atoms with Gasteiger partial charge in [0.15, 0.2) is 0 Å². The van der Waals surface area contributed by atoms with Crippen molar-refractivity contribution in [3.05, 3.63) is 0 Å². The Kier molecular flexibility index (Phi) is 4.99. The van der Waals surface area contributed by atoms with Crippen molar-refractivity contribution >= 4 is 5.91 Å². The molecule has 0 fully saturated rings. The zero-order valence-corrected chi connectivity index (χ0v) is 9.37. The van der Waals surface area contributed by atoms with Crippen molar-refractivity contribution in [3.63, 3.8) is 0 Å². The zero-order chi connectivity index (χ0) is 10.6. The number of hydrogen-bond donors (Lipinski definition) is 1. The number of carbonyl (C=O) groups excluding carboxylic acids is 1. The molecule has 0 aliphatic carbocycles. The molecule has 0 aromatic carbocycles. The van der Waals surface area contributed by atoms with Crippen molar-refractivity contribution in [1.29, 1.82) is 0 Å². The first-order valence-corrected chi connectivity index (χ1v) is 4.94. The smallest absolute Gasteiger partial charge is 0.239 e. The molecule has 1 unspecified atom stereocenters. The Hall–Kier alpha value is -0.570. The van der Waals surface area contributed by atoms with Crippen molar-refractivity contribution in [2.75, 3.05) is 7.05 Å². The number of amides is 1. The fraction of sp³-hybridized carbons (Fsp3) is 0.900. The summed E-state index contributed by atoms with van der Waals surface area (Å²) in [6.45, 7) is 8.03. The number of nitrogens with two attached hydrogens (primary N) is 1. The molecule has 2 atom stereocenters. The number of carbonyl (C=O) groups is 1. The van der Waals surface area contributed by atoms with Gasteiger partial charge < -0.3 is 10.6 Å². The molecule has 0 rings (SSSR count). The summed E-state index contributed by atoms with van der Waals surface area (Å²) in [5.74, 6) is 0.304. The molecule has 0 aromatic rings. The highest BCUT2D eigenvalue weighted by atomic mass is 16.2. The van der Waals surface area contributed by atoms with Crippen LogP contribution in [0.1, 0.15) is 34.1 Å². The molecule has 0 aromatic heterocycles. The predicted molar refractivity (Wildman–Crippen MR) is 55.3 cm³/mol. The lowest BCUT2D eigenvalue weighted by molar-refractivity contribution is -0.133. The molecule has 0 saturated heterocycles. The summed E-state index contributed by atoms with van der Waals surface area (Å²) in [4.78, 5) is 13.4. The Morgan fingerprint density at radius 1 is 1.38 bits per heavy atom. The summed E-state index contributed by atoms with van der Waals surface area (Å²) < 4.78 is 0. The molecule has 1 amide bonds. The lowest BCUT2D eigenvalue weighted by Gasteiger charge is -2.27. The Bertz CT molecular complexity index is 168. The summed E-state index contributed by atoms with van der Waals surface area (Å²) in [6, 6.07) is -0.125. The molecule has 2 N–H and O–H groups in total. The maximum absolute atomic E-state index is 11.7. The van der Waals surface area contributed by atoms with Crippen LogP contribution in [0, 0.1) is 5.92 Å². The van der Waals surface area contributed by atoms with E-state index in [1.165, 1.54) is 0 Å². The highest BCUT2D eigenvalue weighted by molar-refractivity contribution is 5.81.